The lowest BCUT2D eigenvalue weighted by Crippen LogP contribution is -2.21. The molecule has 1 aromatic rings. The van der Waals surface area contributed by atoms with Crippen LogP contribution < -0.4 is 5.32 Å². The summed E-state index contributed by atoms with van der Waals surface area (Å²) in [4.78, 5) is 0. The summed E-state index contributed by atoms with van der Waals surface area (Å²) in [5, 5.41) is 7.23. The van der Waals surface area contributed by atoms with Gasteiger partial charge in [-0.1, -0.05) is 11.8 Å². The fraction of sp³-hybridized carbons (Fsp3) is 0.545. The lowest BCUT2D eigenvalue weighted by molar-refractivity contribution is 0.355. The summed E-state index contributed by atoms with van der Waals surface area (Å²) in [7, 11) is 1.88. The Bertz CT molecular complexity index is 347. The second kappa shape index (κ2) is 4.30. The molecule has 0 saturated heterocycles. The molecule has 0 atom stereocenters. The van der Waals surface area contributed by atoms with Gasteiger partial charge in [-0.25, -0.2) is 0 Å². The molecule has 76 valence electrons. The first-order chi connectivity index (χ1) is 6.54. The van der Waals surface area contributed by atoms with Crippen LogP contribution >= 0.6 is 0 Å². The van der Waals surface area contributed by atoms with E-state index in [1.807, 2.05) is 17.9 Å². The molecule has 0 spiro atoms. The molecule has 1 rings (SSSR count). The van der Waals surface area contributed by atoms with E-state index in [2.05, 4.69) is 43.0 Å². The van der Waals surface area contributed by atoms with Crippen LogP contribution in [0.2, 0.25) is 0 Å². The normalized spacial score (nSPS) is 10.9. The molecule has 1 aromatic heterocycles. The van der Waals surface area contributed by atoms with Crippen molar-refractivity contribution in [1.82, 2.24) is 15.1 Å². The number of aromatic nitrogens is 2. The van der Waals surface area contributed by atoms with Crippen LogP contribution in [-0.2, 0) is 5.54 Å². The predicted octanol–water partition coefficient (Wildman–Crippen LogP) is 1.21. The zero-order valence-electron chi connectivity index (χ0n) is 9.26. The van der Waals surface area contributed by atoms with Crippen LogP contribution in [0, 0.1) is 11.8 Å². The van der Waals surface area contributed by atoms with E-state index in [0.29, 0.717) is 6.54 Å². The minimum absolute atomic E-state index is 0.0307. The van der Waals surface area contributed by atoms with Crippen LogP contribution in [0.4, 0.5) is 0 Å². The van der Waals surface area contributed by atoms with Crippen molar-refractivity contribution in [2.45, 2.75) is 26.3 Å². The molecule has 0 saturated carbocycles. The SMILES string of the molecule is CNCC#Cc1cnn(C(C)(C)C)c1. The average molecular weight is 191 g/mol. The van der Waals surface area contributed by atoms with Crippen molar-refractivity contribution in [3.05, 3.63) is 18.0 Å². The summed E-state index contributed by atoms with van der Waals surface area (Å²) in [5.74, 6) is 6.04. The van der Waals surface area contributed by atoms with Crippen molar-refractivity contribution in [2.75, 3.05) is 13.6 Å². The Morgan fingerprint density at radius 1 is 1.50 bits per heavy atom. The van der Waals surface area contributed by atoms with Crippen LogP contribution in [0.3, 0.4) is 0 Å². The van der Waals surface area contributed by atoms with Gasteiger partial charge in [0.05, 0.1) is 23.8 Å². The van der Waals surface area contributed by atoms with E-state index in [1.54, 1.807) is 6.20 Å². The van der Waals surface area contributed by atoms with Crippen molar-refractivity contribution in [3.63, 3.8) is 0 Å². The highest BCUT2D eigenvalue weighted by Gasteiger charge is 2.12. The fourth-order valence-corrected chi connectivity index (χ4v) is 0.989. The van der Waals surface area contributed by atoms with Gasteiger partial charge in [0.2, 0.25) is 0 Å². The van der Waals surface area contributed by atoms with Crippen LogP contribution in [0.5, 0.6) is 0 Å². The quantitative estimate of drug-likeness (QED) is 0.676. The standard InChI is InChI=1S/C11H17N3/c1-11(2,3)14-9-10(8-13-14)6-5-7-12-4/h8-9,12H,7H2,1-4H3. The topological polar surface area (TPSA) is 29.9 Å². The van der Waals surface area contributed by atoms with Gasteiger partial charge in [0.1, 0.15) is 0 Å². The smallest absolute Gasteiger partial charge is 0.0646 e. The maximum atomic E-state index is 4.26. The van der Waals surface area contributed by atoms with Crippen LogP contribution in [-0.4, -0.2) is 23.4 Å². The predicted molar refractivity (Wildman–Crippen MR) is 58.0 cm³/mol. The van der Waals surface area contributed by atoms with Gasteiger partial charge in [0.25, 0.3) is 0 Å². The average Bonchev–Trinajstić information content (AvgIpc) is 2.52. The van der Waals surface area contributed by atoms with Crippen LogP contribution in [0.1, 0.15) is 26.3 Å². The number of nitrogens with zero attached hydrogens (tertiary/aromatic N) is 2. The fourth-order valence-electron chi connectivity index (χ4n) is 0.989. The molecule has 3 heteroatoms. The van der Waals surface area contributed by atoms with Crippen molar-refractivity contribution in [1.29, 1.82) is 0 Å². The van der Waals surface area contributed by atoms with E-state index in [1.165, 1.54) is 0 Å². The van der Waals surface area contributed by atoms with Gasteiger partial charge < -0.3 is 5.32 Å². The highest BCUT2D eigenvalue weighted by Crippen LogP contribution is 2.12. The summed E-state index contributed by atoms with van der Waals surface area (Å²) in [5.41, 5.74) is 0.998. The number of nitrogens with one attached hydrogen (secondary N) is 1. The third-order valence-corrected chi connectivity index (χ3v) is 1.77. The Kier molecular flexibility index (Phi) is 3.32. The molecule has 0 unspecified atom stereocenters. The van der Waals surface area contributed by atoms with Gasteiger partial charge in [-0.3, -0.25) is 4.68 Å². The third kappa shape index (κ3) is 2.90. The van der Waals surface area contributed by atoms with E-state index < -0.39 is 0 Å². The lowest BCUT2D eigenvalue weighted by atomic mass is 10.1. The summed E-state index contributed by atoms with van der Waals surface area (Å²) >= 11 is 0. The first kappa shape index (κ1) is 10.8. The Labute approximate surface area is 85.5 Å². The second-order valence-electron chi connectivity index (χ2n) is 4.18. The van der Waals surface area contributed by atoms with E-state index in [-0.39, 0.29) is 5.54 Å². The minimum atomic E-state index is 0.0307. The number of hydrogen-bond donors (Lipinski definition) is 1. The number of rotatable bonds is 1. The highest BCUT2D eigenvalue weighted by molar-refractivity contribution is 5.30. The van der Waals surface area contributed by atoms with Gasteiger partial charge in [-0.2, -0.15) is 5.10 Å². The van der Waals surface area contributed by atoms with Crippen molar-refractivity contribution in [2.24, 2.45) is 0 Å². The van der Waals surface area contributed by atoms with Gasteiger partial charge >= 0.3 is 0 Å². The summed E-state index contributed by atoms with van der Waals surface area (Å²) < 4.78 is 1.93. The molecular formula is C11H17N3. The lowest BCUT2D eigenvalue weighted by Gasteiger charge is -2.18. The maximum Gasteiger partial charge on any atom is 0.0646 e. The molecule has 0 radical (unpaired) electrons. The van der Waals surface area contributed by atoms with Gasteiger partial charge in [0, 0.05) is 6.20 Å². The van der Waals surface area contributed by atoms with Crippen molar-refractivity contribution < 1.29 is 0 Å². The minimum Gasteiger partial charge on any atom is -0.309 e. The van der Waals surface area contributed by atoms with E-state index in [9.17, 15) is 0 Å². The second-order valence-corrected chi connectivity index (χ2v) is 4.18. The molecule has 0 amide bonds. The highest BCUT2D eigenvalue weighted by atomic mass is 15.3. The molecule has 0 aliphatic rings. The molecule has 0 aliphatic heterocycles. The monoisotopic (exact) mass is 191 g/mol. The summed E-state index contributed by atoms with van der Waals surface area (Å²) in [6, 6.07) is 0. The molecule has 0 fully saturated rings. The molecule has 1 heterocycles. The first-order valence-corrected chi connectivity index (χ1v) is 4.72. The Hall–Kier alpha value is -1.27. The maximum absolute atomic E-state index is 4.26. The summed E-state index contributed by atoms with van der Waals surface area (Å²) in [6.07, 6.45) is 3.77. The molecule has 0 aliphatic carbocycles. The van der Waals surface area contributed by atoms with Crippen LogP contribution in [0.15, 0.2) is 12.4 Å². The summed E-state index contributed by atoms with van der Waals surface area (Å²) in [6.45, 7) is 7.06. The molecule has 0 bridgehead atoms. The van der Waals surface area contributed by atoms with Gasteiger partial charge in [0.15, 0.2) is 0 Å². The Balaban J connectivity index is 2.75. The molecule has 3 nitrogen and oxygen atoms in total. The zero-order valence-corrected chi connectivity index (χ0v) is 9.26. The van der Waals surface area contributed by atoms with E-state index in [4.69, 9.17) is 0 Å². The molecule has 0 aromatic carbocycles. The Morgan fingerprint density at radius 3 is 2.71 bits per heavy atom. The van der Waals surface area contributed by atoms with Crippen LogP contribution in [0.25, 0.3) is 0 Å². The van der Waals surface area contributed by atoms with E-state index >= 15 is 0 Å². The van der Waals surface area contributed by atoms with Crippen molar-refractivity contribution >= 4 is 0 Å². The molecule has 1 N–H and O–H groups in total. The molecule has 14 heavy (non-hydrogen) atoms. The van der Waals surface area contributed by atoms with Crippen molar-refractivity contribution in [3.8, 4) is 11.8 Å². The Morgan fingerprint density at radius 2 is 2.21 bits per heavy atom. The van der Waals surface area contributed by atoms with Gasteiger partial charge in [-0.15, -0.1) is 0 Å². The first-order valence-electron chi connectivity index (χ1n) is 4.72. The third-order valence-electron chi connectivity index (χ3n) is 1.77. The number of hydrogen-bond acceptors (Lipinski definition) is 2. The molecular weight excluding hydrogens is 174 g/mol. The zero-order chi connectivity index (χ0) is 10.6. The van der Waals surface area contributed by atoms with Gasteiger partial charge in [-0.05, 0) is 27.8 Å². The van der Waals surface area contributed by atoms with E-state index in [0.717, 1.165) is 5.56 Å². The largest absolute Gasteiger partial charge is 0.309 e.